The molecule has 0 aliphatic rings. The number of halogens is 1. The maximum atomic E-state index is 12.3. The van der Waals surface area contributed by atoms with E-state index in [0.717, 1.165) is 12.0 Å². The first kappa shape index (κ1) is 17.9. The van der Waals surface area contributed by atoms with Crippen LogP contribution in [-0.4, -0.2) is 15.9 Å². The third-order valence-corrected chi connectivity index (χ3v) is 4.24. The SMILES string of the molecule is CCc1ccc(NC(=O)Cc2cnc(-c3ccc(Cl)cc3)[nH]c2=O)cc1. The number of hydrogen-bond donors (Lipinski definition) is 2. The molecule has 1 aromatic heterocycles. The fraction of sp³-hybridized carbons (Fsp3) is 0.150. The molecule has 0 radical (unpaired) electrons. The molecule has 1 amide bonds. The van der Waals surface area contributed by atoms with Crippen LogP contribution in [0.3, 0.4) is 0 Å². The second kappa shape index (κ2) is 7.97. The molecular weight excluding hydrogens is 350 g/mol. The minimum atomic E-state index is -0.332. The highest BCUT2D eigenvalue weighted by molar-refractivity contribution is 6.30. The van der Waals surface area contributed by atoms with Gasteiger partial charge in [0.15, 0.2) is 0 Å². The summed E-state index contributed by atoms with van der Waals surface area (Å²) in [6.07, 6.45) is 2.33. The Balaban J connectivity index is 1.70. The van der Waals surface area contributed by atoms with Crippen molar-refractivity contribution in [1.82, 2.24) is 9.97 Å². The number of carbonyl (C=O) groups excluding carboxylic acids is 1. The maximum absolute atomic E-state index is 12.3. The molecule has 0 aliphatic heterocycles. The van der Waals surface area contributed by atoms with Gasteiger partial charge in [0.05, 0.1) is 6.42 Å². The summed E-state index contributed by atoms with van der Waals surface area (Å²) in [6, 6.07) is 14.6. The van der Waals surface area contributed by atoms with Crippen LogP contribution in [0, 0.1) is 0 Å². The number of anilines is 1. The van der Waals surface area contributed by atoms with E-state index in [4.69, 9.17) is 11.6 Å². The lowest BCUT2D eigenvalue weighted by Crippen LogP contribution is -2.22. The van der Waals surface area contributed by atoms with Gasteiger partial charge >= 0.3 is 0 Å². The molecule has 26 heavy (non-hydrogen) atoms. The van der Waals surface area contributed by atoms with Crippen molar-refractivity contribution in [3.05, 3.63) is 81.2 Å². The van der Waals surface area contributed by atoms with E-state index in [1.165, 1.54) is 11.8 Å². The van der Waals surface area contributed by atoms with Crippen LogP contribution >= 0.6 is 11.6 Å². The number of aromatic amines is 1. The predicted octanol–water partition coefficient (Wildman–Crippen LogP) is 3.83. The molecule has 0 atom stereocenters. The Hall–Kier alpha value is -2.92. The van der Waals surface area contributed by atoms with Gasteiger partial charge in [0.25, 0.3) is 5.56 Å². The van der Waals surface area contributed by atoms with Crippen molar-refractivity contribution in [2.24, 2.45) is 0 Å². The molecule has 5 nitrogen and oxygen atoms in total. The lowest BCUT2D eigenvalue weighted by Gasteiger charge is -2.06. The summed E-state index contributed by atoms with van der Waals surface area (Å²) in [7, 11) is 0. The third-order valence-electron chi connectivity index (χ3n) is 3.99. The van der Waals surface area contributed by atoms with Gasteiger partial charge in [0, 0.05) is 28.0 Å². The molecule has 0 unspecified atom stereocenters. The minimum absolute atomic E-state index is 0.0429. The zero-order valence-electron chi connectivity index (χ0n) is 14.3. The zero-order chi connectivity index (χ0) is 18.5. The number of nitrogens with zero attached hydrogens (tertiary/aromatic N) is 1. The van der Waals surface area contributed by atoms with Crippen molar-refractivity contribution < 1.29 is 4.79 Å². The van der Waals surface area contributed by atoms with Crippen LogP contribution in [-0.2, 0) is 17.6 Å². The Morgan fingerprint density at radius 3 is 2.42 bits per heavy atom. The van der Waals surface area contributed by atoms with Crippen molar-refractivity contribution in [1.29, 1.82) is 0 Å². The van der Waals surface area contributed by atoms with Crippen molar-refractivity contribution in [2.75, 3.05) is 5.32 Å². The number of benzene rings is 2. The standard InChI is InChI=1S/C20H18ClN3O2/c1-2-13-3-9-17(10-4-13)23-18(25)11-15-12-22-19(24-20(15)26)14-5-7-16(21)8-6-14/h3-10,12H,2,11H2,1H3,(H,23,25)(H,22,24,26). The van der Waals surface area contributed by atoms with Crippen LogP contribution in [0.2, 0.25) is 5.02 Å². The van der Waals surface area contributed by atoms with E-state index < -0.39 is 0 Å². The van der Waals surface area contributed by atoms with Gasteiger partial charge in [0.2, 0.25) is 5.91 Å². The first-order valence-electron chi connectivity index (χ1n) is 8.28. The van der Waals surface area contributed by atoms with Crippen LogP contribution in [0.25, 0.3) is 11.4 Å². The van der Waals surface area contributed by atoms with Gasteiger partial charge in [-0.25, -0.2) is 4.98 Å². The number of carbonyl (C=O) groups is 1. The van der Waals surface area contributed by atoms with Gasteiger partial charge < -0.3 is 10.3 Å². The van der Waals surface area contributed by atoms with Gasteiger partial charge in [-0.05, 0) is 48.4 Å². The number of rotatable bonds is 5. The van der Waals surface area contributed by atoms with Crippen molar-refractivity contribution in [3.63, 3.8) is 0 Å². The minimum Gasteiger partial charge on any atom is -0.326 e. The Kier molecular flexibility index (Phi) is 5.49. The molecule has 0 saturated heterocycles. The van der Waals surface area contributed by atoms with Crippen LogP contribution in [0.1, 0.15) is 18.1 Å². The highest BCUT2D eigenvalue weighted by Gasteiger charge is 2.10. The lowest BCUT2D eigenvalue weighted by atomic mass is 10.1. The maximum Gasteiger partial charge on any atom is 0.254 e. The highest BCUT2D eigenvalue weighted by Crippen LogP contribution is 2.17. The van der Waals surface area contributed by atoms with Gasteiger partial charge in [-0.15, -0.1) is 0 Å². The van der Waals surface area contributed by atoms with E-state index >= 15 is 0 Å². The smallest absolute Gasteiger partial charge is 0.254 e. The van der Waals surface area contributed by atoms with E-state index in [0.29, 0.717) is 22.1 Å². The zero-order valence-corrected chi connectivity index (χ0v) is 15.0. The fourth-order valence-corrected chi connectivity index (χ4v) is 2.63. The Morgan fingerprint density at radius 1 is 1.12 bits per heavy atom. The number of aryl methyl sites for hydroxylation is 1. The fourth-order valence-electron chi connectivity index (χ4n) is 2.50. The molecular formula is C20H18ClN3O2. The first-order valence-corrected chi connectivity index (χ1v) is 8.66. The second-order valence-corrected chi connectivity index (χ2v) is 6.30. The average molecular weight is 368 g/mol. The molecule has 0 fully saturated rings. The van der Waals surface area contributed by atoms with Gasteiger partial charge in [-0.2, -0.15) is 0 Å². The molecule has 2 aromatic carbocycles. The Labute approximate surface area is 156 Å². The number of aromatic nitrogens is 2. The summed E-state index contributed by atoms with van der Waals surface area (Å²) in [5, 5.41) is 3.40. The summed E-state index contributed by atoms with van der Waals surface area (Å²) >= 11 is 5.86. The van der Waals surface area contributed by atoms with Gasteiger partial charge in [0.1, 0.15) is 5.82 Å². The molecule has 3 rings (SSSR count). The molecule has 0 saturated carbocycles. The van der Waals surface area contributed by atoms with E-state index in [1.807, 2.05) is 24.3 Å². The van der Waals surface area contributed by atoms with E-state index in [-0.39, 0.29) is 17.9 Å². The van der Waals surface area contributed by atoms with Gasteiger partial charge in [-0.3, -0.25) is 9.59 Å². The van der Waals surface area contributed by atoms with Gasteiger partial charge in [-0.1, -0.05) is 30.7 Å². The quantitative estimate of drug-likeness (QED) is 0.719. The van der Waals surface area contributed by atoms with Crippen LogP contribution in [0.5, 0.6) is 0 Å². The third kappa shape index (κ3) is 4.37. The summed E-state index contributed by atoms with van der Waals surface area (Å²) < 4.78 is 0. The largest absolute Gasteiger partial charge is 0.326 e. The number of nitrogens with one attached hydrogen (secondary N) is 2. The van der Waals surface area contributed by atoms with Crippen LogP contribution < -0.4 is 10.9 Å². The first-order chi connectivity index (χ1) is 12.5. The second-order valence-electron chi connectivity index (χ2n) is 5.87. The van der Waals surface area contributed by atoms with Crippen LogP contribution in [0.4, 0.5) is 5.69 Å². The summed E-state index contributed by atoms with van der Waals surface area (Å²) in [5.74, 6) is 0.173. The Bertz CT molecular complexity index is 964. The molecule has 0 spiro atoms. The molecule has 6 heteroatoms. The number of amides is 1. The molecule has 0 aliphatic carbocycles. The predicted molar refractivity (Wildman–Crippen MR) is 103 cm³/mol. The summed E-state index contributed by atoms with van der Waals surface area (Å²) in [5.41, 5.74) is 2.63. The average Bonchev–Trinajstić information content (AvgIpc) is 2.64. The van der Waals surface area contributed by atoms with Crippen molar-refractivity contribution in [3.8, 4) is 11.4 Å². The van der Waals surface area contributed by atoms with E-state index in [1.54, 1.807) is 24.3 Å². The highest BCUT2D eigenvalue weighted by atomic mass is 35.5. The molecule has 1 heterocycles. The van der Waals surface area contributed by atoms with Crippen molar-refractivity contribution >= 4 is 23.2 Å². The topological polar surface area (TPSA) is 74.8 Å². The molecule has 0 bridgehead atoms. The monoisotopic (exact) mass is 367 g/mol. The van der Waals surface area contributed by atoms with Crippen molar-refractivity contribution in [2.45, 2.75) is 19.8 Å². The molecule has 2 N–H and O–H groups in total. The Morgan fingerprint density at radius 2 is 1.81 bits per heavy atom. The lowest BCUT2D eigenvalue weighted by molar-refractivity contribution is -0.115. The number of hydrogen-bond acceptors (Lipinski definition) is 3. The van der Waals surface area contributed by atoms with Crippen LogP contribution in [0.15, 0.2) is 59.5 Å². The van der Waals surface area contributed by atoms with E-state index in [2.05, 4.69) is 22.2 Å². The summed E-state index contributed by atoms with van der Waals surface area (Å²) in [6.45, 7) is 2.07. The molecule has 3 aromatic rings. The van der Waals surface area contributed by atoms with E-state index in [9.17, 15) is 9.59 Å². The summed E-state index contributed by atoms with van der Waals surface area (Å²) in [4.78, 5) is 31.4. The number of H-pyrrole nitrogens is 1. The normalized spacial score (nSPS) is 10.5. The molecule has 132 valence electrons.